The number of nitrogens with two attached hydrogens (primary N) is 1. The van der Waals surface area contributed by atoms with Crippen molar-refractivity contribution in [2.24, 2.45) is 0 Å². The Morgan fingerprint density at radius 1 is 1.44 bits per heavy atom. The Bertz CT molecular complexity index is 351. The third-order valence-corrected chi connectivity index (χ3v) is 2.67. The first-order chi connectivity index (χ1) is 7.79. The molecule has 0 aliphatic carbocycles. The highest BCUT2D eigenvalue weighted by Gasteiger charge is 2.15. The minimum absolute atomic E-state index is 0.385. The molecule has 1 aliphatic rings. The highest BCUT2D eigenvalue weighted by molar-refractivity contribution is 5.62. The molecule has 16 heavy (non-hydrogen) atoms. The van der Waals surface area contributed by atoms with Crippen molar-refractivity contribution in [2.45, 2.75) is 18.9 Å². The van der Waals surface area contributed by atoms with E-state index in [-0.39, 0.29) is 0 Å². The minimum Gasteiger partial charge on any atom is -0.481 e. The van der Waals surface area contributed by atoms with Crippen LogP contribution < -0.4 is 15.8 Å². The molecule has 3 N–H and O–H groups in total. The maximum atomic E-state index is 5.85. The van der Waals surface area contributed by atoms with Crippen LogP contribution in [-0.4, -0.2) is 31.3 Å². The van der Waals surface area contributed by atoms with Gasteiger partial charge in [0.2, 0.25) is 5.88 Å². The van der Waals surface area contributed by atoms with E-state index >= 15 is 0 Å². The van der Waals surface area contributed by atoms with Crippen molar-refractivity contribution in [3.05, 3.63) is 12.1 Å². The Morgan fingerprint density at radius 2 is 2.19 bits per heavy atom. The minimum atomic E-state index is 0.385. The molecule has 88 valence electrons. The number of anilines is 2. The Morgan fingerprint density at radius 3 is 2.88 bits per heavy atom. The Balaban J connectivity index is 2.06. The average molecular weight is 223 g/mol. The summed E-state index contributed by atoms with van der Waals surface area (Å²) in [7, 11) is 1.59. The molecular formula is C11H17N3O2. The van der Waals surface area contributed by atoms with Gasteiger partial charge < -0.3 is 20.5 Å². The van der Waals surface area contributed by atoms with Gasteiger partial charge in [-0.2, -0.15) is 4.98 Å². The van der Waals surface area contributed by atoms with Crippen LogP contribution in [0.5, 0.6) is 5.88 Å². The van der Waals surface area contributed by atoms with Gasteiger partial charge in [0.25, 0.3) is 0 Å². The predicted octanol–water partition coefficient (Wildman–Crippen LogP) is 1.26. The lowest BCUT2D eigenvalue weighted by Gasteiger charge is -2.24. The first-order valence-electron chi connectivity index (χ1n) is 5.44. The van der Waals surface area contributed by atoms with E-state index in [1.54, 1.807) is 19.2 Å². The van der Waals surface area contributed by atoms with Crippen molar-refractivity contribution < 1.29 is 9.47 Å². The molecule has 1 aliphatic heterocycles. The van der Waals surface area contributed by atoms with Gasteiger partial charge in [0.05, 0.1) is 12.8 Å². The summed E-state index contributed by atoms with van der Waals surface area (Å²) in [5, 5.41) is 3.33. The summed E-state index contributed by atoms with van der Waals surface area (Å²) in [6.45, 7) is 1.59. The molecule has 0 saturated carbocycles. The topological polar surface area (TPSA) is 69.4 Å². The molecule has 0 spiro atoms. The van der Waals surface area contributed by atoms with Crippen molar-refractivity contribution in [1.82, 2.24) is 4.98 Å². The highest BCUT2D eigenvalue weighted by Crippen LogP contribution is 2.22. The molecular weight excluding hydrogens is 206 g/mol. The molecule has 0 amide bonds. The van der Waals surface area contributed by atoms with Gasteiger partial charge >= 0.3 is 0 Å². The van der Waals surface area contributed by atoms with Crippen molar-refractivity contribution in [1.29, 1.82) is 0 Å². The Labute approximate surface area is 95.0 Å². The molecule has 0 atom stereocenters. The largest absolute Gasteiger partial charge is 0.481 e. The van der Waals surface area contributed by atoms with Crippen LogP contribution in [0.15, 0.2) is 12.1 Å². The van der Waals surface area contributed by atoms with Crippen LogP contribution in [0.2, 0.25) is 0 Å². The molecule has 0 radical (unpaired) electrons. The molecule has 1 aromatic heterocycles. The van der Waals surface area contributed by atoms with Gasteiger partial charge in [-0.15, -0.1) is 0 Å². The summed E-state index contributed by atoms with van der Waals surface area (Å²) in [6.07, 6.45) is 1.97. The number of rotatable bonds is 3. The normalized spacial score (nSPS) is 17.1. The second-order valence-corrected chi connectivity index (χ2v) is 3.82. The van der Waals surface area contributed by atoms with Crippen LogP contribution in [0, 0.1) is 0 Å². The van der Waals surface area contributed by atoms with E-state index in [1.807, 2.05) is 0 Å². The van der Waals surface area contributed by atoms with Gasteiger partial charge in [0.1, 0.15) is 0 Å². The van der Waals surface area contributed by atoms with Crippen LogP contribution in [0.25, 0.3) is 0 Å². The zero-order chi connectivity index (χ0) is 11.4. The molecule has 1 saturated heterocycles. The number of pyridine rings is 1. The summed E-state index contributed by atoms with van der Waals surface area (Å²) in [4.78, 5) is 4.29. The molecule has 1 aromatic rings. The van der Waals surface area contributed by atoms with Gasteiger partial charge in [-0.25, -0.2) is 0 Å². The Hall–Kier alpha value is -1.49. The predicted molar refractivity (Wildman–Crippen MR) is 62.7 cm³/mol. The third kappa shape index (κ3) is 2.55. The number of ether oxygens (including phenoxy) is 2. The van der Waals surface area contributed by atoms with E-state index in [4.69, 9.17) is 15.2 Å². The van der Waals surface area contributed by atoms with Crippen LogP contribution in [0.4, 0.5) is 11.5 Å². The molecule has 0 aromatic carbocycles. The lowest BCUT2D eigenvalue weighted by atomic mass is 10.1. The number of nitrogens with one attached hydrogen (secondary N) is 1. The lowest BCUT2D eigenvalue weighted by Crippen LogP contribution is -2.28. The van der Waals surface area contributed by atoms with Crippen LogP contribution in [0.1, 0.15) is 12.8 Å². The number of hydrogen-bond acceptors (Lipinski definition) is 5. The maximum Gasteiger partial charge on any atom is 0.215 e. The fourth-order valence-electron chi connectivity index (χ4n) is 1.72. The fourth-order valence-corrected chi connectivity index (χ4v) is 1.72. The van der Waals surface area contributed by atoms with Gasteiger partial charge in [-0.1, -0.05) is 0 Å². The van der Waals surface area contributed by atoms with Crippen LogP contribution in [-0.2, 0) is 4.74 Å². The zero-order valence-electron chi connectivity index (χ0n) is 9.40. The number of nitrogens with zero attached hydrogens (tertiary/aromatic N) is 1. The summed E-state index contributed by atoms with van der Waals surface area (Å²) in [5.74, 6) is 1.27. The lowest BCUT2D eigenvalue weighted by molar-refractivity contribution is 0.0904. The molecule has 0 unspecified atom stereocenters. The van der Waals surface area contributed by atoms with Gasteiger partial charge in [0, 0.05) is 25.3 Å². The average Bonchev–Trinajstić information content (AvgIpc) is 2.33. The monoisotopic (exact) mass is 223 g/mol. The number of methoxy groups -OCH3 is 1. The number of nitrogen functional groups attached to an aromatic ring is 1. The first kappa shape index (κ1) is 11.0. The van der Waals surface area contributed by atoms with Crippen molar-refractivity contribution in [3.63, 3.8) is 0 Å². The fraction of sp³-hybridized carbons (Fsp3) is 0.545. The van der Waals surface area contributed by atoms with Gasteiger partial charge in [0.15, 0.2) is 5.82 Å². The van der Waals surface area contributed by atoms with Gasteiger partial charge in [-0.3, -0.25) is 0 Å². The third-order valence-electron chi connectivity index (χ3n) is 2.67. The SMILES string of the molecule is COc1ccc(N)c(NC2CCOCC2)n1. The second kappa shape index (κ2) is 5.03. The molecule has 2 heterocycles. The second-order valence-electron chi connectivity index (χ2n) is 3.82. The maximum absolute atomic E-state index is 5.85. The quantitative estimate of drug-likeness (QED) is 0.807. The first-order valence-corrected chi connectivity index (χ1v) is 5.44. The van der Waals surface area contributed by atoms with E-state index in [9.17, 15) is 0 Å². The smallest absolute Gasteiger partial charge is 0.215 e. The van der Waals surface area contributed by atoms with Crippen LogP contribution in [0.3, 0.4) is 0 Å². The molecule has 5 heteroatoms. The Kier molecular flexibility index (Phi) is 3.46. The van der Waals surface area contributed by atoms with Crippen molar-refractivity contribution >= 4 is 11.5 Å². The van der Waals surface area contributed by atoms with Crippen LogP contribution >= 0.6 is 0 Å². The summed E-state index contributed by atoms with van der Waals surface area (Å²) in [5.41, 5.74) is 6.50. The zero-order valence-corrected chi connectivity index (χ0v) is 9.40. The molecule has 0 bridgehead atoms. The van der Waals surface area contributed by atoms with Crippen molar-refractivity contribution in [3.8, 4) is 5.88 Å². The van der Waals surface area contributed by atoms with E-state index in [1.165, 1.54) is 0 Å². The van der Waals surface area contributed by atoms with Crippen molar-refractivity contribution in [2.75, 3.05) is 31.4 Å². The van der Waals surface area contributed by atoms with Gasteiger partial charge in [-0.05, 0) is 18.9 Å². The standard InChI is InChI=1S/C11H17N3O2/c1-15-10-3-2-9(12)11(14-10)13-8-4-6-16-7-5-8/h2-3,8H,4-7,12H2,1H3,(H,13,14). The van der Waals surface area contributed by atoms with E-state index in [0.717, 1.165) is 26.1 Å². The summed E-state index contributed by atoms with van der Waals surface area (Å²) >= 11 is 0. The molecule has 2 rings (SSSR count). The number of hydrogen-bond donors (Lipinski definition) is 2. The number of aromatic nitrogens is 1. The van der Waals surface area contributed by atoms with E-state index in [0.29, 0.717) is 23.4 Å². The molecule has 5 nitrogen and oxygen atoms in total. The van der Waals surface area contributed by atoms with E-state index in [2.05, 4.69) is 10.3 Å². The molecule has 1 fully saturated rings. The summed E-state index contributed by atoms with van der Waals surface area (Å²) in [6, 6.07) is 3.94. The van der Waals surface area contributed by atoms with E-state index < -0.39 is 0 Å². The highest BCUT2D eigenvalue weighted by atomic mass is 16.5. The summed E-state index contributed by atoms with van der Waals surface area (Å²) < 4.78 is 10.4.